The van der Waals surface area contributed by atoms with Crippen molar-refractivity contribution in [2.24, 2.45) is 4.99 Å². The molecule has 0 saturated heterocycles. The van der Waals surface area contributed by atoms with E-state index < -0.39 is 30.0 Å². The fraction of sp³-hybridized carbons (Fsp3) is 0.381. The van der Waals surface area contributed by atoms with E-state index in [4.69, 9.17) is 15.4 Å². The lowest BCUT2D eigenvalue weighted by Gasteiger charge is -2.32. The number of esters is 1. The number of aromatic nitrogens is 1. The summed E-state index contributed by atoms with van der Waals surface area (Å²) in [6.07, 6.45) is 0.440. The van der Waals surface area contributed by atoms with Crippen LogP contribution < -0.4 is 0 Å². The Morgan fingerprint density at radius 1 is 1.41 bits per heavy atom. The van der Waals surface area contributed by atoms with Crippen LogP contribution in [0, 0.1) is 16.7 Å². The van der Waals surface area contributed by atoms with E-state index in [9.17, 15) is 18.0 Å². The number of nitrogens with zero attached hydrogens (tertiary/aromatic N) is 5. The first-order valence-electron chi connectivity index (χ1n) is 9.48. The van der Waals surface area contributed by atoms with E-state index >= 15 is 0 Å². The Bertz CT molecular complexity index is 934. The summed E-state index contributed by atoms with van der Waals surface area (Å²) in [5.41, 5.74) is -0.592. The number of likely N-dealkylation sites (N-methyl/N-ethyl adjacent to an activating group) is 1. The van der Waals surface area contributed by atoms with Crippen LogP contribution in [-0.4, -0.2) is 64.9 Å². The molecule has 1 aromatic heterocycles. The van der Waals surface area contributed by atoms with E-state index in [0.29, 0.717) is 6.08 Å². The van der Waals surface area contributed by atoms with Gasteiger partial charge in [-0.05, 0) is 32.9 Å². The Balaban J connectivity index is 3.29. The van der Waals surface area contributed by atoms with Crippen LogP contribution >= 0.6 is 0 Å². The molecule has 0 radical (unpaired) electrons. The topological polar surface area (TPSA) is 106 Å². The minimum atomic E-state index is -4.62. The summed E-state index contributed by atoms with van der Waals surface area (Å²) in [5.74, 6) is -0.714. The number of alkyl halides is 3. The van der Waals surface area contributed by atoms with Gasteiger partial charge in [-0.3, -0.25) is 20.4 Å². The van der Waals surface area contributed by atoms with Gasteiger partial charge in [0.15, 0.2) is 0 Å². The second-order valence-electron chi connectivity index (χ2n) is 6.93. The van der Waals surface area contributed by atoms with E-state index in [2.05, 4.69) is 16.6 Å². The summed E-state index contributed by atoms with van der Waals surface area (Å²) in [5, 5.41) is 19.5. The largest absolute Gasteiger partial charge is 0.459 e. The van der Waals surface area contributed by atoms with E-state index in [1.165, 1.54) is 41.7 Å². The molecule has 11 heteroatoms. The Kier molecular flexibility index (Phi) is 9.74. The van der Waals surface area contributed by atoms with Gasteiger partial charge < -0.3 is 4.74 Å². The SMILES string of the molecule is C=CC(=NCC(C)N(C)N(C=N)/C=C(/C(=O)OC(C)C)c1cncc(C#N)c1)C(F)(F)F. The van der Waals surface area contributed by atoms with Crippen molar-refractivity contribution >= 4 is 23.6 Å². The molecular formula is C21H25F3N6O2. The van der Waals surface area contributed by atoms with Gasteiger partial charge in [0, 0.05) is 37.2 Å². The fourth-order valence-electron chi connectivity index (χ4n) is 2.37. The van der Waals surface area contributed by atoms with Crippen LogP contribution in [0.1, 0.15) is 31.9 Å². The molecule has 0 saturated carbocycles. The van der Waals surface area contributed by atoms with Crippen LogP contribution in [0.4, 0.5) is 13.2 Å². The molecule has 1 heterocycles. The van der Waals surface area contributed by atoms with Crippen LogP contribution in [0.3, 0.4) is 0 Å². The lowest BCUT2D eigenvalue weighted by molar-refractivity contribution is -0.140. The highest BCUT2D eigenvalue weighted by atomic mass is 19.4. The highest BCUT2D eigenvalue weighted by Crippen LogP contribution is 2.20. The number of hydrazine groups is 1. The van der Waals surface area contributed by atoms with Crippen LogP contribution in [0.15, 0.2) is 42.3 Å². The molecule has 8 nitrogen and oxygen atoms in total. The zero-order valence-corrected chi connectivity index (χ0v) is 18.2. The maximum atomic E-state index is 12.9. The second kappa shape index (κ2) is 11.8. The molecule has 1 rings (SSSR count). The number of hydrogen-bond donors (Lipinski definition) is 1. The minimum absolute atomic E-state index is 0.0106. The molecule has 0 aromatic carbocycles. The van der Waals surface area contributed by atoms with Gasteiger partial charge in [-0.25, -0.2) is 9.80 Å². The van der Waals surface area contributed by atoms with Crippen LogP contribution in [0.25, 0.3) is 5.57 Å². The van der Waals surface area contributed by atoms with Crippen molar-refractivity contribution < 1.29 is 22.7 Å². The maximum Gasteiger partial charge on any atom is 0.432 e. The molecule has 0 fully saturated rings. The summed E-state index contributed by atoms with van der Waals surface area (Å²) in [4.78, 5) is 20.2. The van der Waals surface area contributed by atoms with Crippen LogP contribution in [0.5, 0.6) is 0 Å². The van der Waals surface area contributed by atoms with Crippen LogP contribution in [0.2, 0.25) is 0 Å². The van der Waals surface area contributed by atoms with Gasteiger partial charge in [-0.15, -0.1) is 0 Å². The average Bonchev–Trinajstić information content (AvgIpc) is 2.72. The number of allylic oxidation sites excluding steroid dienone is 1. The Morgan fingerprint density at radius 3 is 2.56 bits per heavy atom. The number of carbonyl (C=O) groups is 1. The quantitative estimate of drug-likeness (QED) is 0.192. The number of nitrogens with one attached hydrogen (secondary N) is 1. The first-order chi connectivity index (χ1) is 14.9. The van der Waals surface area contributed by atoms with Gasteiger partial charge in [-0.1, -0.05) is 6.58 Å². The predicted molar refractivity (Wildman–Crippen MR) is 115 cm³/mol. The third kappa shape index (κ3) is 7.63. The van der Waals surface area contributed by atoms with Gasteiger partial charge in [-0.2, -0.15) is 18.4 Å². The van der Waals surface area contributed by atoms with Crippen molar-refractivity contribution in [2.75, 3.05) is 13.6 Å². The number of pyridine rings is 1. The highest BCUT2D eigenvalue weighted by molar-refractivity contribution is 6.16. The second-order valence-corrected chi connectivity index (χ2v) is 6.93. The van der Waals surface area contributed by atoms with Crippen molar-refractivity contribution in [1.82, 2.24) is 15.0 Å². The molecule has 0 amide bonds. The Labute approximate surface area is 184 Å². The van der Waals surface area contributed by atoms with Crippen LogP contribution in [-0.2, 0) is 9.53 Å². The molecule has 0 spiro atoms. The van der Waals surface area contributed by atoms with Crippen molar-refractivity contribution in [1.29, 1.82) is 10.7 Å². The summed E-state index contributed by atoms with van der Waals surface area (Å²) in [6.45, 7) is 7.82. The van der Waals surface area contributed by atoms with E-state index in [1.807, 2.05) is 6.07 Å². The number of aliphatic imine (C=N–C) groups is 1. The van der Waals surface area contributed by atoms with Crippen molar-refractivity contribution in [3.8, 4) is 6.07 Å². The van der Waals surface area contributed by atoms with Crippen molar-refractivity contribution in [3.05, 3.63) is 48.4 Å². The normalized spacial score (nSPS) is 13.5. The van der Waals surface area contributed by atoms with E-state index in [0.717, 1.165) is 6.34 Å². The first kappa shape index (κ1) is 26.5. The molecule has 0 aliphatic heterocycles. The summed E-state index contributed by atoms with van der Waals surface area (Å²) >= 11 is 0. The maximum absolute atomic E-state index is 12.9. The molecule has 1 N–H and O–H groups in total. The third-order valence-electron chi connectivity index (χ3n) is 4.15. The molecule has 32 heavy (non-hydrogen) atoms. The van der Waals surface area contributed by atoms with E-state index in [1.54, 1.807) is 20.8 Å². The lowest BCUT2D eigenvalue weighted by atomic mass is 10.1. The monoisotopic (exact) mass is 450 g/mol. The fourth-order valence-corrected chi connectivity index (χ4v) is 2.37. The number of carbonyl (C=O) groups excluding carboxylic acids is 1. The number of nitriles is 1. The highest BCUT2D eigenvalue weighted by Gasteiger charge is 2.33. The average molecular weight is 450 g/mol. The molecule has 1 aromatic rings. The predicted octanol–water partition coefficient (Wildman–Crippen LogP) is 3.58. The van der Waals surface area contributed by atoms with Gasteiger partial charge in [0.25, 0.3) is 0 Å². The number of halogens is 3. The third-order valence-corrected chi connectivity index (χ3v) is 4.15. The van der Waals surface area contributed by atoms with Gasteiger partial charge in [0.2, 0.25) is 0 Å². The standard InChI is InChI=1S/C21H25F3N6O2/c1-6-19(21(22,23)24)28-9-15(4)29(5)30(13-26)12-18(20(31)32-14(2)3)17-7-16(8-25)10-27-11-17/h6-7,10-15,26H,1,9H2,2-5H3/b18-12+,26-13?,28-19?. The van der Waals surface area contributed by atoms with Gasteiger partial charge in [0.1, 0.15) is 18.1 Å². The molecule has 0 aliphatic carbocycles. The van der Waals surface area contributed by atoms with E-state index in [-0.39, 0.29) is 23.2 Å². The molecule has 1 atom stereocenters. The first-order valence-corrected chi connectivity index (χ1v) is 9.48. The summed E-state index contributed by atoms with van der Waals surface area (Å²) in [7, 11) is 1.53. The van der Waals surface area contributed by atoms with Gasteiger partial charge in [0.05, 0.1) is 23.8 Å². The Hall–Kier alpha value is -3.52. The molecular weight excluding hydrogens is 425 g/mol. The van der Waals surface area contributed by atoms with Crippen molar-refractivity contribution in [3.63, 3.8) is 0 Å². The Morgan fingerprint density at radius 2 is 2.06 bits per heavy atom. The smallest absolute Gasteiger partial charge is 0.432 e. The van der Waals surface area contributed by atoms with Gasteiger partial charge >= 0.3 is 12.1 Å². The molecule has 1 unspecified atom stereocenters. The number of hydrogen-bond acceptors (Lipinski definition) is 7. The summed E-state index contributed by atoms with van der Waals surface area (Å²) < 4.78 is 43.8. The summed E-state index contributed by atoms with van der Waals surface area (Å²) in [6, 6.07) is 2.78. The molecule has 0 bridgehead atoms. The number of rotatable bonds is 10. The minimum Gasteiger partial charge on any atom is -0.459 e. The molecule has 172 valence electrons. The molecule has 0 aliphatic rings. The number of ether oxygens (including phenoxy) is 1. The zero-order chi connectivity index (χ0) is 24.5. The van der Waals surface area contributed by atoms with Crippen molar-refractivity contribution in [2.45, 2.75) is 39.1 Å². The zero-order valence-electron chi connectivity index (χ0n) is 18.2. The lowest BCUT2D eigenvalue weighted by Crippen LogP contribution is -2.43.